The van der Waals surface area contributed by atoms with Gasteiger partial charge >= 0.3 is 0 Å². The topological polar surface area (TPSA) is 49.2 Å². The Bertz CT molecular complexity index is 551. The average molecular weight is 314 g/mol. The second-order valence-corrected chi connectivity index (χ2v) is 4.53. The molecule has 0 spiro atoms. The van der Waals surface area contributed by atoms with Crippen LogP contribution in [0.1, 0.15) is 33.3 Å². The smallest absolute Gasteiger partial charge is 0.175 e. The minimum Gasteiger partial charge on any atom is -0.351 e. The summed E-state index contributed by atoms with van der Waals surface area (Å²) in [6.45, 7) is 11.7. The molecule has 2 aromatic heterocycles. The fourth-order valence-electron chi connectivity index (χ4n) is 2.10. The van der Waals surface area contributed by atoms with E-state index in [4.69, 9.17) is 21.1 Å². The molecule has 0 unspecified atom stereocenters. The van der Waals surface area contributed by atoms with Crippen LogP contribution in [-0.2, 0) is 16.0 Å². The van der Waals surface area contributed by atoms with Crippen molar-refractivity contribution in [1.82, 2.24) is 14.5 Å². The maximum Gasteiger partial charge on any atom is 0.175 e. The molecular formula is C15H24ClN3O2. The van der Waals surface area contributed by atoms with Crippen LogP contribution in [0.4, 0.5) is 0 Å². The Labute approximate surface area is 131 Å². The molecular weight excluding hydrogens is 290 g/mol. The lowest BCUT2D eigenvalue weighted by Crippen LogP contribution is -2.23. The van der Waals surface area contributed by atoms with E-state index in [1.807, 2.05) is 45.4 Å². The van der Waals surface area contributed by atoms with Crippen LogP contribution in [-0.4, -0.2) is 34.0 Å². The SMILES string of the molecule is CC.CCOC(Cn1cc(C)c2c(Cl)ncnc21)OCC. The molecule has 21 heavy (non-hydrogen) atoms. The molecule has 2 rings (SSSR count). The minimum atomic E-state index is -0.279. The van der Waals surface area contributed by atoms with E-state index in [0.717, 1.165) is 16.6 Å². The van der Waals surface area contributed by atoms with Gasteiger partial charge < -0.3 is 14.0 Å². The monoisotopic (exact) mass is 313 g/mol. The maximum absolute atomic E-state index is 6.11. The van der Waals surface area contributed by atoms with Crippen molar-refractivity contribution in [2.75, 3.05) is 13.2 Å². The van der Waals surface area contributed by atoms with Crippen molar-refractivity contribution in [3.8, 4) is 0 Å². The van der Waals surface area contributed by atoms with E-state index in [1.54, 1.807) is 0 Å². The Morgan fingerprint density at radius 3 is 2.38 bits per heavy atom. The number of nitrogens with zero attached hydrogens (tertiary/aromatic N) is 3. The van der Waals surface area contributed by atoms with Crippen molar-refractivity contribution in [3.05, 3.63) is 23.2 Å². The summed E-state index contributed by atoms with van der Waals surface area (Å²) in [7, 11) is 0. The van der Waals surface area contributed by atoms with Crippen LogP contribution >= 0.6 is 11.6 Å². The molecule has 0 aliphatic rings. The van der Waals surface area contributed by atoms with Gasteiger partial charge in [-0.2, -0.15) is 0 Å². The number of aryl methyl sites for hydroxylation is 1. The molecule has 2 aromatic rings. The van der Waals surface area contributed by atoms with Crippen molar-refractivity contribution >= 4 is 22.6 Å². The molecule has 0 saturated carbocycles. The van der Waals surface area contributed by atoms with Crippen molar-refractivity contribution in [2.45, 2.75) is 47.5 Å². The second kappa shape index (κ2) is 8.97. The highest BCUT2D eigenvalue weighted by atomic mass is 35.5. The van der Waals surface area contributed by atoms with E-state index >= 15 is 0 Å². The molecule has 2 heterocycles. The van der Waals surface area contributed by atoms with Gasteiger partial charge in [0.15, 0.2) is 6.29 Å². The highest BCUT2D eigenvalue weighted by molar-refractivity contribution is 6.34. The number of aromatic nitrogens is 3. The summed E-state index contributed by atoms with van der Waals surface area (Å²) in [6.07, 6.45) is 3.19. The van der Waals surface area contributed by atoms with Crippen LogP contribution in [0.2, 0.25) is 5.15 Å². The van der Waals surface area contributed by atoms with Gasteiger partial charge in [0, 0.05) is 19.4 Å². The number of rotatable bonds is 6. The third kappa shape index (κ3) is 4.40. The molecule has 0 aliphatic heterocycles. The molecule has 0 saturated heterocycles. The van der Waals surface area contributed by atoms with Crippen LogP contribution in [0.15, 0.2) is 12.5 Å². The van der Waals surface area contributed by atoms with Crippen molar-refractivity contribution < 1.29 is 9.47 Å². The Morgan fingerprint density at radius 2 is 1.81 bits per heavy atom. The number of hydrogen-bond acceptors (Lipinski definition) is 4. The third-order valence-electron chi connectivity index (χ3n) is 2.85. The lowest BCUT2D eigenvalue weighted by Gasteiger charge is -2.17. The zero-order chi connectivity index (χ0) is 15.8. The van der Waals surface area contributed by atoms with Crippen LogP contribution in [0.3, 0.4) is 0 Å². The third-order valence-corrected chi connectivity index (χ3v) is 3.13. The summed E-state index contributed by atoms with van der Waals surface area (Å²) < 4.78 is 13.1. The van der Waals surface area contributed by atoms with Crippen LogP contribution in [0.5, 0.6) is 0 Å². The Kier molecular flexibility index (Phi) is 7.64. The molecule has 0 aromatic carbocycles. The minimum absolute atomic E-state index is 0.279. The van der Waals surface area contributed by atoms with E-state index in [2.05, 4.69) is 9.97 Å². The lowest BCUT2D eigenvalue weighted by atomic mass is 10.3. The highest BCUT2D eigenvalue weighted by Crippen LogP contribution is 2.25. The summed E-state index contributed by atoms with van der Waals surface area (Å²) >= 11 is 6.11. The number of fused-ring (bicyclic) bond motifs is 1. The van der Waals surface area contributed by atoms with Gasteiger partial charge in [-0.3, -0.25) is 0 Å². The molecule has 0 fully saturated rings. The number of ether oxygens (including phenoxy) is 2. The van der Waals surface area contributed by atoms with Gasteiger partial charge in [0.1, 0.15) is 17.1 Å². The molecule has 6 heteroatoms. The molecule has 0 radical (unpaired) electrons. The Morgan fingerprint density at radius 1 is 1.19 bits per heavy atom. The predicted octanol–water partition coefficient (Wildman–Crippen LogP) is 3.82. The zero-order valence-corrected chi connectivity index (χ0v) is 14.1. The first-order valence-corrected chi connectivity index (χ1v) is 7.74. The fraction of sp³-hybridized carbons (Fsp3) is 0.600. The fourth-order valence-corrected chi connectivity index (χ4v) is 2.37. The molecule has 0 bridgehead atoms. The Hall–Kier alpha value is -1.17. The van der Waals surface area contributed by atoms with Gasteiger partial charge in [-0.25, -0.2) is 9.97 Å². The maximum atomic E-state index is 6.11. The summed E-state index contributed by atoms with van der Waals surface area (Å²) in [5.74, 6) is 0. The summed E-state index contributed by atoms with van der Waals surface area (Å²) in [5, 5.41) is 1.36. The average Bonchev–Trinajstić information content (AvgIpc) is 2.79. The highest BCUT2D eigenvalue weighted by Gasteiger charge is 2.15. The standard InChI is InChI=1S/C13H18ClN3O2.C2H6/c1-4-18-10(19-5-2)7-17-6-9(3)11-12(14)15-8-16-13(11)17;1-2/h6,8,10H,4-5,7H2,1-3H3;1-2H3. The van der Waals surface area contributed by atoms with Crippen molar-refractivity contribution in [2.24, 2.45) is 0 Å². The summed E-state index contributed by atoms with van der Waals surface area (Å²) in [6, 6.07) is 0. The normalized spacial score (nSPS) is 10.8. The largest absolute Gasteiger partial charge is 0.351 e. The van der Waals surface area contributed by atoms with E-state index < -0.39 is 0 Å². The van der Waals surface area contributed by atoms with E-state index in [-0.39, 0.29) is 6.29 Å². The number of halogens is 1. The van der Waals surface area contributed by atoms with Crippen LogP contribution in [0, 0.1) is 6.92 Å². The number of hydrogen-bond donors (Lipinski definition) is 0. The first kappa shape index (κ1) is 17.9. The van der Waals surface area contributed by atoms with Crippen LogP contribution in [0.25, 0.3) is 11.0 Å². The Balaban J connectivity index is 0.00000106. The summed E-state index contributed by atoms with van der Waals surface area (Å²) in [5.41, 5.74) is 1.86. The summed E-state index contributed by atoms with van der Waals surface area (Å²) in [4.78, 5) is 8.30. The van der Waals surface area contributed by atoms with Gasteiger partial charge in [-0.15, -0.1) is 0 Å². The molecule has 5 nitrogen and oxygen atoms in total. The van der Waals surface area contributed by atoms with E-state index in [9.17, 15) is 0 Å². The van der Waals surface area contributed by atoms with E-state index in [0.29, 0.717) is 24.9 Å². The van der Waals surface area contributed by atoms with Gasteiger partial charge in [0.2, 0.25) is 0 Å². The quantitative estimate of drug-likeness (QED) is 0.601. The molecule has 0 atom stereocenters. The second-order valence-electron chi connectivity index (χ2n) is 4.17. The first-order valence-electron chi connectivity index (χ1n) is 7.36. The molecule has 0 N–H and O–H groups in total. The van der Waals surface area contributed by atoms with Gasteiger partial charge in [-0.1, -0.05) is 25.4 Å². The van der Waals surface area contributed by atoms with Crippen LogP contribution < -0.4 is 0 Å². The van der Waals surface area contributed by atoms with Crippen molar-refractivity contribution in [3.63, 3.8) is 0 Å². The predicted molar refractivity (Wildman–Crippen MR) is 85.7 cm³/mol. The van der Waals surface area contributed by atoms with Gasteiger partial charge in [0.25, 0.3) is 0 Å². The van der Waals surface area contributed by atoms with E-state index in [1.165, 1.54) is 6.33 Å². The first-order chi connectivity index (χ1) is 10.2. The lowest BCUT2D eigenvalue weighted by molar-refractivity contribution is -0.143. The zero-order valence-electron chi connectivity index (χ0n) is 13.4. The molecule has 118 valence electrons. The van der Waals surface area contributed by atoms with Gasteiger partial charge in [0.05, 0.1) is 11.9 Å². The molecule has 0 amide bonds. The molecule has 0 aliphatic carbocycles. The van der Waals surface area contributed by atoms with Gasteiger partial charge in [-0.05, 0) is 26.3 Å². The van der Waals surface area contributed by atoms with Crippen molar-refractivity contribution in [1.29, 1.82) is 0 Å².